The van der Waals surface area contributed by atoms with Gasteiger partial charge in [0, 0.05) is 26.2 Å². The molecule has 11 heavy (non-hydrogen) atoms. The fourth-order valence-electron chi connectivity index (χ4n) is 1.09. The fourth-order valence-corrected chi connectivity index (χ4v) is 1.09. The van der Waals surface area contributed by atoms with Crippen molar-refractivity contribution < 1.29 is 4.74 Å². The molecule has 1 aliphatic rings. The molecule has 0 radical (unpaired) electrons. The maximum atomic E-state index is 8.19. The molecule has 1 heterocycles. The first-order valence-electron chi connectivity index (χ1n) is 3.85. The van der Waals surface area contributed by atoms with Crippen LogP contribution in [0.3, 0.4) is 0 Å². The topological polar surface area (TPSA) is 48.3 Å². The Bertz CT molecular complexity index is 137. The summed E-state index contributed by atoms with van der Waals surface area (Å²) >= 11 is 0. The third-order valence-electron chi connectivity index (χ3n) is 1.74. The van der Waals surface area contributed by atoms with Crippen LogP contribution in [0.4, 0.5) is 0 Å². The molecule has 0 aliphatic carbocycles. The molecule has 0 saturated carbocycles. The molecular formula is C7H13N3O. The summed E-state index contributed by atoms with van der Waals surface area (Å²) in [6.45, 7) is 5.33. The number of nitriles is 1. The predicted molar refractivity (Wildman–Crippen MR) is 40.9 cm³/mol. The maximum Gasteiger partial charge on any atom is 0.176 e. The van der Waals surface area contributed by atoms with E-state index in [0.29, 0.717) is 0 Å². The van der Waals surface area contributed by atoms with Crippen LogP contribution in [0.1, 0.15) is 0 Å². The zero-order valence-corrected chi connectivity index (χ0v) is 6.55. The smallest absolute Gasteiger partial charge is 0.176 e. The Morgan fingerprint density at radius 2 is 2.18 bits per heavy atom. The number of morpholine rings is 1. The van der Waals surface area contributed by atoms with Crippen molar-refractivity contribution in [3.63, 3.8) is 0 Å². The van der Waals surface area contributed by atoms with Gasteiger partial charge in [0.2, 0.25) is 0 Å². The average molecular weight is 155 g/mol. The highest BCUT2D eigenvalue weighted by atomic mass is 16.5. The predicted octanol–water partition coefficient (Wildman–Crippen LogP) is -0.611. The molecule has 0 spiro atoms. The molecule has 0 aromatic rings. The molecule has 0 bridgehead atoms. The fraction of sp³-hybridized carbons (Fsp3) is 0.857. The molecule has 0 unspecified atom stereocenters. The molecule has 62 valence electrons. The van der Waals surface area contributed by atoms with Crippen LogP contribution in [-0.4, -0.2) is 44.3 Å². The first-order valence-corrected chi connectivity index (χ1v) is 3.85. The third kappa shape index (κ3) is 3.21. The Kier molecular flexibility index (Phi) is 3.73. The minimum absolute atomic E-state index is 0.747. The minimum Gasteiger partial charge on any atom is -0.379 e. The van der Waals surface area contributed by atoms with E-state index in [9.17, 15) is 0 Å². The van der Waals surface area contributed by atoms with Crippen LogP contribution < -0.4 is 5.32 Å². The standard InChI is InChI=1S/C7H13N3O/c8-7-9-1-2-10-3-5-11-6-4-10/h9H,1-6H2. The van der Waals surface area contributed by atoms with Crippen molar-refractivity contribution in [3.8, 4) is 6.19 Å². The lowest BCUT2D eigenvalue weighted by Gasteiger charge is -2.25. The Morgan fingerprint density at radius 1 is 1.45 bits per heavy atom. The lowest BCUT2D eigenvalue weighted by atomic mass is 10.4. The van der Waals surface area contributed by atoms with E-state index in [-0.39, 0.29) is 0 Å². The van der Waals surface area contributed by atoms with Crippen LogP contribution in [-0.2, 0) is 4.74 Å². The molecule has 4 nitrogen and oxygen atoms in total. The van der Waals surface area contributed by atoms with E-state index in [1.807, 2.05) is 6.19 Å². The van der Waals surface area contributed by atoms with Gasteiger partial charge in [0.25, 0.3) is 0 Å². The molecule has 4 heteroatoms. The van der Waals surface area contributed by atoms with Crippen molar-refractivity contribution in [1.82, 2.24) is 10.2 Å². The first kappa shape index (κ1) is 8.31. The highest BCUT2D eigenvalue weighted by Crippen LogP contribution is 1.94. The van der Waals surface area contributed by atoms with Crippen LogP contribution in [0.5, 0.6) is 0 Å². The summed E-state index contributed by atoms with van der Waals surface area (Å²) in [7, 11) is 0. The van der Waals surface area contributed by atoms with Gasteiger partial charge in [-0.2, -0.15) is 5.26 Å². The van der Waals surface area contributed by atoms with Crippen LogP contribution in [0.2, 0.25) is 0 Å². The van der Waals surface area contributed by atoms with Gasteiger partial charge in [-0.3, -0.25) is 4.90 Å². The summed E-state index contributed by atoms with van der Waals surface area (Å²) in [6, 6.07) is 0. The van der Waals surface area contributed by atoms with Gasteiger partial charge in [-0.25, -0.2) is 0 Å². The molecular weight excluding hydrogens is 142 g/mol. The van der Waals surface area contributed by atoms with Gasteiger partial charge >= 0.3 is 0 Å². The molecule has 0 aromatic carbocycles. The molecule has 1 aliphatic heterocycles. The number of hydrogen-bond acceptors (Lipinski definition) is 4. The summed E-state index contributed by atoms with van der Waals surface area (Å²) in [5.74, 6) is 0. The van der Waals surface area contributed by atoms with Crippen molar-refractivity contribution in [2.75, 3.05) is 39.4 Å². The molecule has 1 saturated heterocycles. The molecule has 1 rings (SSSR count). The van der Waals surface area contributed by atoms with Crippen LogP contribution in [0.25, 0.3) is 0 Å². The SMILES string of the molecule is N#CNCCN1CCOCC1. The largest absolute Gasteiger partial charge is 0.379 e. The highest BCUT2D eigenvalue weighted by molar-refractivity contribution is 4.68. The molecule has 0 amide bonds. The number of hydrogen-bond donors (Lipinski definition) is 1. The van der Waals surface area contributed by atoms with Crippen LogP contribution in [0.15, 0.2) is 0 Å². The van der Waals surface area contributed by atoms with Crippen LogP contribution in [0, 0.1) is 11.5 Å². The van der Waals surface area contributed by atoms with Crippen molar-refractivity contribution in [3.05, 3.63) is 0 Å². The van der Waals surface area contributed by atoms with E-state index < -0.39 is 0 Å². The second-order valence-corrected chi connectivity index (χ2v) is 2.49. The average Bonchev–Trinajstić information content (AvgIpc) is 2.07. The number of nitrogens with one attached hydrogen (secondary N) is 1. The van der Waals surface area contributed by atoms with E-state index in [2.05, 4.69) is 10.2 Å². The Morgan fingerprint density at radius 3 is 2.82 bits per heavy atom. The molecule has 0 atom stereocenters. The number of rotatable bonds is 3. The van der Waals surface area contributed by atoms with Gasteiger partial charge in [-0.1, -0.05) is 0 Å². The molecule has 1 N–H and O–H groups in total. The monoisotopic (exact) mass is 155 g/mol. The maximum absolute atomic E-state index is 8.19. The zero-order valence-electron chi connectivity index (χ0n) is 6.55. The highest BCUT2D eigenvalue weighted by Gasteiger charge is 2.08. The second-order valence-electron chi connectivity index (χ2n) is 2.49. The zero-order chi connectivity index (χ0) is 7.94. The Hall–Kier alpha value is -0.790. The van der Waals surface area contributed by atoms with E-state index >= 15 is 0 Å². The first-order chi connectivity index (χ1) is 5.43. The van der Waals surface area contributed by atoms with Gasteiger partial charge in [0.05, 0.1) is 13.2 Å². The lowest BCUT2D eigenvalue weighted by Crippen LogP contribution is -2.39. The molecule has 0 aromatic heterocycles. The third-order valence-corrected chi connectivity index (χ3v) is 1.74. The van der Waals surface area contributed by atoms with Crippen molar-refractivity contribution in [2.24, 2.45) is 0 Å². The van der Waals surface area contributed by atoms with Gasteiger partial charge < -0.3 is 10.1 Å². The van der Waals surface area contributed by atoms with Crippen molar-refractivity contribution in [2.45, 2.75) is 0 Å². The van der Waals surface area contributed by atoms with Gasteiger partial charge in [0.15, 0.2) is 6.19 Å². The van der Waals surface area contributed by atoms with Gasteiger partial charge in [0.1, 0.15) is 0 Å². The summed E-state index contributed by atoms with van der Waals surface area (Å²) < 4.78 is 5.18. The van der Waals surface area contributed by atoms with Gasteiger partial charge in [-0.05, 0) is 0 Å². The summed E-state index contributed by atoms with van der Waals surface area (Å²) in [5, 5.41) is 10.8. The van der Waals surface area contributed by atoms with Crippen molar-refractivity contribution >= 4 is 0 Å². The van der Waals surface area contributed by atoms with Crippen molar-refractivity contribution in [1.29, 1.82) is 5.26 Å². The lowest BCUT2D eigenvalue weighted by molar-refractivity contribution is 0.0388. The number of nitrogens with zero attached hydrogens (tertiary/aromatic N) is 2. The molecule has 1 fully saturated rings. The Balaban J connectivity index is 2.01. The minimum atomic E-state index is 0.747. The summed E-state index contributed by atoms with van der Waals surface area (Å²) in [5.41, 5.74) is 0. The van der Waals surface area contributed by atoms with E-state index in [1.54, 1.807) is 0 Å². The summed E-state index contributed by atoms with van der Waals surface area (Å²) in [4.78, 5) is 2.29. The normalized spacial score (nSPS) is 19.2. The Labute approximate surface area is 66.7 Å². The van der Waals surface area contributed by atoms with E-state index in [4.69, 9.17) is 10.00 Å². The van der Waals surface area contributed by atoms with Gasteiger partial charge in [-0.15, -0.1) is 0 Å². The second kappa shape index (κ2) is 4.94. The summed E-state index contributed by atoms with van der Waals surface area (Å²) in [6.07, 6.45) is 1.90. The van der Waals surface area contributed by atoms with Crippen LogP contribution >= 0.6 is 0 Å². The van der Waals surface area contributed by atoms with E-state index in [1.165, 1.54) is 0 Å². The quantitative estimate of drug-likeness (QED) is 0.335. The van der Waals surface area contributed by atoms with E-state index in [0.717, 1.165) is 39.4 Å². The number of ether oxygens (including phenoxy) is 1.